The summed E-state index contributed by atoms with van der Waals surface area (Å²) < 4.78 is 3.38. The summed E-state index contributed by atoms with van der Waals surface area (Å²) in [4.78, 5) is 24.6. The third kappa shape index (κ3) is 5.13. The van der Waals surface area contributed by atoms with Crippen molar-refractivity contribution >= 4 is 5.97 Å². The Labute approximate surface area is 183 Å². The van der Waals surface area contributed by atoms with Gasteiger partial charge in [-0.3, -0.25) is 4.57 Å². The van der Waals surface area contributed by atoms with E-state index in [4.69, 9.17) is 0 Å². The average molecular weight is 422 g/mol. The molecule has 0 radical (unpaired) electrons. The summed E-state index contributed by atoms with van der Waals surface area (Å²) in [5, 5.41) is 14.1. The Morgan fingerprint density at radius 1 is 1.06 bits per heavy atom. The van der Waals surface area contributed by atoms with E-state index in [9.17, 15) is 14.7 Å². The minimum Gasteiger partial charge on any atom is -0.478 e. The SMILES string of the molecule is CCC(C)n1nc(CCC(C)C)n(Cc2ccc(-c3ccccc3C(=O)O)cc2)c1=O. The maximum absolute atomic E-state index is 13.0. The van der Waals surface area contributed by atoms with Crippen molar-refractivity contribution in [2.75, 3.05) is 0 Å². The van der Waals surface area contributed by atoms with Gasteiger partial charge in [0.25, 0.3) is 0 Å². The maximum Gasteiger partial charge on any atom is 0.346 e. The molecule has 31 heavy (non-hydrogen) atoms. The fourth-order valence-electron chi connectivity index (χ4n) is 3.57. The Morgan fingerprint density at radius 2 is 1.74 bits per heavy atom. The van der Waals surface area contributed by atoms with Crippen LogP contribution in [0.2, 0.25) is 0 Å². The van der Waals surface area contributed by atoms with Crippen LogP contribution in [0.25, 0.3) is 11.1 Å². The highest BCUT2D eigenvalue weighted by atomic mass is 16.4. The lowest BCUT2D eigenvalue weighted by atomic mass is 9.99. The van der Waals surface area contributed by atoms with Gasteiger partial charge in [0, 0.05) is 6.42 Å². The molecule has 0 amide bonds. The van der Waals surface area contributed by atoms with Crippen LogP contribution in [0.1, 0.15) is 68.3 Å². The van der Waals surface area contributed by atoms with E-state index < -0.39 is 5.97 Å². The summed E-state index contributed by atoms with van der Waals surface area (Å²) in [6, 6.07) is 14.8. The summed E-state index contributed by atoms with van der Waals surface area (Å²) in [7, 11) is 0. The first-order chi connectivity index (χ1) is 14.8. The number of aromatic nitrogens is 3. The highest BCUT2D eigenvalue weighted by Gasteiger charge is 2.17. The molecule has 0 aliphatic carbocycles. The van der Waals surface area contributed by atoms with Crippen LogP contribution in [0.4, 0.5) is 0 Å². The van der Waals surface area contributed by atoms with Gasteiger partial charge in [0.2, 0.25) is 0 Å². The van der Waals surface area contributed by atoms with E-state index in [2.05, 4.69) is 25.9 Å². The molecular weight excluding hydrogens is 390 g/mol. The molecule has 6 nitrogen and oxygen atoms in total. The first-order valence-corrected chi connectivity index (χ1v) is 10.9. The Hall–Kier alpha value is -3.15. The van der Waals surface area contributed by atoms with Crippen molar-refractivity contribution < 1.29 is 9.90 Å². The van der Waals surface area contributed by atoms with Crippen LogP contribution < -0.4 is 5.69 Å². The number of carbonyl (C=O) groups is 1. The molecule has 3 rings (SSSR count). The molecule has 0 bridgehead atoms. The predicted molar refractivity (Wildman–Crippen MR) is 123 cm³/mol. The van der Waals surface area contributed by atoms with Crippen molar-refractivity contribution in [3.05, 3.63) is 76.0 Å². The topological polar surface area (TPSA) is 77.1 Å². The third-order valence-corrected chi connectivity index (χ3v) is 5.68. The van der Waals surface area contributed by atoms with Gasteiger partial charge in [-0.25, -0.2) is 14.3 Å². The van der Waals surface area contributed by atoms with E-state index in [1.165, 1.54) is 0 Å². The number of aryl methyl sites for hydroxylation is 1. The van der Waals surface area contributed by atoms with Crippen molar-refractivity contribution in [1.82, 2.24) is 14.3 Å². The van der Waals surface area contributed by atoms with Gasteiger partial charge in [0.05, 0.1) is 18.2 Å². The Balaban J connectivity index is 1.91. The molecule has 1 atom stereocenters. The van der Waals surface area contributed by atoms with Crippen molar-refractivity contribution in [1.29, 1.82) is 0 Å². The Bertz CT molecular complexity index is 1090. The van der Waals surface area contributed by atoms with Crippen LogP contribution in [-0.2, 0) is 13.0 Å². The molecule has 2 aromatic carbocycles. The predicted octanol–water partition coefficient (Wildman–Crippen LogP) is 5.02. The summed E-state index contributed by atoms with van der Waals surface area (Å²) in [6.45, 7) is 8.85. The molecular formula is C25H31N3O3. The number of rotatable bonds is 9. The van der Waals surface area contributed by atoms with E-state index in [1.54, 1.807) is 21.4 Å². The number of carboxylic acid groups (broad SMARTS) is 1. The second kappa shape index (κ2) is 9.77. The summed E-state index contributed by atoms with van der Waals surface area (Å²) in [6.07, 6.45) is 2.58. The molecule has 1 aromatic heterocycles. The number of benzene rings is 2. The van der Waals surface area contributed by atoms with Gasteiger partial charge in [0.1, 0.15) is 5.82 Å². The van der Waals surface area contributed by atoms with E-state index in [1.807, 2.05) is 43.3 Å². The van der Waals surface area contributed by atoms with Gasteiger partial charge in [-0.1, -0.05) is 63.2 Å². The lowest BCUT2D eigenvalue weighted by molar-refractivity contribution is 0.0697. The van der Waals surface area contributed by atoms with Gasteiger partial charge in [-0.05, 0) is 48.4 Å². The monoisotopic (exact) mass is 421 g/mol. The molecule has 0 saturated carbocycles. The lowest BCUT2D eigenvalue weighted by Crippen LogP contribution is -2.27. The maximum atomic E-state index is 13.0. The van der Waals surface area contributed by atoms with E-state index >= 15 is 0 Å². The quantitative estimate of drug-likeness (QED) is 0.526. The summed E-state index contributed by atoms with van der Waals surface area (Å²) in [5.74, 6) is 0.406. The molecule has 164 valence electrons. The summed E-state index contributed by atoms with van der Waals surface area (Å²) in [5.41, 5.74) is 2.70. The Morgan fingerprint density at radius 3 is 2.35 bits per heavy atom. The fraction of sp³-hybridized carbons (Fsp3) is 0.400. The molecule has 0 aliphatic rings. The number of carboxylic acids is 1. The second-order valence-corrected chi connectivity index (χ2v) is 8.47. The molecule has 0 spiro atoms. The van der Waals surface area contributed by atoms with Crippen LogP contribution >= 0.6 is 0 Å². The molecule has 3 aromatic rings. The molecule has 0 fully saturated rings. The van der Waals surface area contributed by atoms with Crippen LogP contribution in [0.15, 0.2) is 53.3 Å². The summed E-state index contributed by atoms with van der Waals surface area (Å²) >= 11 is 0. The van der Waals surface area contributed by atoms with Crippen molar-refractivity contribution in [2.45, 2.75) is 59.5 Å². The number of aromatic carboxylic acids is 1. The van der Waals surface area contributed by atoms with Gasteiger partial charge < -0.3 is 5.11 Å². The minimum absolute atomic E-state index is 0.0569. The van der Waals surface area contributed by atoms with Gasteiger partial charge in [-0.2, -0.15) is 5.10 Å². The molecule has 0 aliphatic heterocycles. The first-order valence-electron chi connectivity index (χ1n) is 10.9. The smallest absolute Gasteiger partial charge is 0.346 e. The fourth-order valence-corrected chi connectivity index (χ4v) is 3.57. The minimum atomic E-state index is -0.946. The zero-order valence-electron chi connectivity index (χ0n) is 18.7. The van der Waals surface area contributed by atoms with Crippen molar-refractivity contribution in [3.63, 3.8) is 0 Å². The standard InChI is InChI=1S/C25H31N3O3/c1-5-18(4)28-25(31)27(23(26-28)15-10-17(2)3)16-19-11-13-20(14-12-19)21-8-6-7-9-22(21)24(29)30/h6-9,11-14,17-18H,5,10,15-16H2,1-4H3,(H,29,30). The molecule has 0 saturated heterocycles. The van der Waals surface area contributed by atoms with E-state index in [0.29, 0.717) is 18.0 Å². The van der Waals surface area contributed by atoms with E-state index in [-0.39, 0.29) is 17.3 Å². The van der Waals surface area contributed by atoms with Crippen LogP contribution in [0, 0.1) is 5.92 Å². The molecule has 1 N–H and O–H groups in total. The van der Waals surface area contributed by atoms with Crippen molar-refractivity contribution in [3.8, 4) is 11.1 Å². The number of nitrogens with zero attached hydrogens (tertiary/aromatic N) is 3. The normalized spacial score (nSPS) is 12.3. The highest BCUT2D eigenvalue weighted by molar-refractivity contribution is 5.95. The van der Waals surface area contributed by atoms with Crippen LogP contribution in [0.3, 0.4) is 0 Å². The molecule has 6 heteroatoms. The van der Waals surface area contributed by atoms with Crippen LogP contribution in [0.5, 0.6) is 0 Å². The first kappa shape index (κ1) is 22.5. The largest absolute Gasteiger partial charge is 0.478 e. The third-order valence-electron chi connectivity index (χ3n) is 5.68. The van der Waals surface area contributed by atoms with Crippen LogP contribution in [-0.4, -0.2) is 25.4 Å². The Kier molecular flexibility index (Phi) is 7.10. The highest BCUT2D eigenvalue weighted by Crippen LogP contribution is 2.24. The molecule has 1 heterocycles. The number of hydrogen-bond donors (Lipinski definition) is 1. The zero-order chi connectivity index (χ0) is 22.5. The van der Waals surface area contributed by atoms with Gasteiger partial charge in [0.15, 0.2) is 0 Å². The van der Waals surface area contributed by atoms with Gasteiger partial charge >= 0.3 is 11.7 Å². The average Bonchev–Trinajstić information content (AvgIpc) is 3.07. The van der Waals surface area contributed by atoms with Crippen molar-refractivity contribution in [2.24, 2.45) is 5.92 Å². The van der Waals surface area contributed by atoms with Gasteiger partial charge in [-0.15, -0.1) is 0 Å². The lowest BCUT2D eigenvalue weighted by Gasteiger charge is -2.10. The zero-order valence-corrected chi connectivity index (χ0v) is 18.7. The molecule has 1 unspecified atom stereocenters. The van der Waals surface area contributed by atoms with E-state index in [0.717, 1.165) is 36.2 Å². The second-order valence-electron chi connectivity index (χ2n) is 8.47. The number of hydrogen-bond acceptors (Lipinski definition) is 3.